The highest BCUT2D eigenvalue weighted by molar-refractivity contribution is 5.99. The van der Waals surface area contributed by atoms with Crippen LogP contribution in [0.15, 0.2) is 24.3 Å². The summed E-state index contributed by atoms with van der Waals surface area (Å²) in [7, 11) is 0. The van der Waals surface area contributed by atoms with Crippen LogP contribution in [0.5, 0.6) is 0 Å². The van der Waals surface area contributed by atoms with E-state index in [1.165, 1.54) is 5.56 Å². The lowest BCUT2D eigenvalue weighted by Gasteiger charge is -2.11. The zero-order chi connectivity index (χ0) is 13.7. The second-order valence-corrected chi connectivity index (χ2v) is 4.79. The first-order valence-corrected chi connectivity index (χ1v) is 6.31. The second-order valence-electron chi connectivity index (χ2n) is 4.79. The van der Waals surface area contributed by atoms with Gasteiger partial charge in [0.15, 0.2) is 5.78 Å². The summed E-state index contributed by atoms with van der Waals surface area (Å²) in [4.78, 5) is 22.5. The maximum Gasteiger partial charge on any atom is 0.304 e. The molecule has 0 spiro atoms. The molecule has 1 N–H and O–H groups in total. The topological polar surface area (TPSA) is 54.4 Å². The van der Waals surface area contributed by atoms with Crippen LogP contribution in [0.3, 0.4) is 0 Å². The fourth-order valence-electron chi connectivity index (χ4n) is 1.85. The molecule has 0 amide bonds. The summed E-state index contributed by atoms with van der Waals surface area (Å²) in [5.41, 5.74) is 1.80. The molecule has 3 heteroatoms. The predicted octanol–water partition coefficient (Wildman–Crippen LogP) is 3.49. The molecule has 0 saturated carbocycles. The number of hydrogen-bond acceptors (Lipinski definition) is 2. The molecule has 0 saturated heterocycles. The van der Waals surface area contributed by atoms with Crippen LogP contribution < -0.4 is 0 Å². The van der Waals surface area contributed by atoms with Crippen LogP contribution in [0.2, 0.25) is 0 Å². The minimum atomic E-state index is -0.938. The summed E-state index contributed by atoms with van der Waals surface area (Å²) in [5, 5.41) is 8.68. The van der Waals surface area contributed by atoms with Gasteiger partial charge in [0.05, 0.1) is 6.42 Å². The van der Waals surface area contributed by atoms with Gasteiger partial charge >= 0.3 is 5.97 Å². The van der Waals surface area contributed by atoms with Crippen molar-refractivity contribution in [2.75, 3.05) is 0 Å². The second kappa shape index (κ2) is 6.34. The molecule has 0 aliphatic heterocycles. The van der Waals surface area contributed by atoms with Crippen molar-refractivity contribution in [1.29, 1.82) is 0 Å². The van der Waals surface area contributed by atoms with Gasteiger partial charge in [-0.2, -0.15) is 0 Å². The summed E-state index contributed by atoms with van der Waals surface area (Å²) in [6.45, 7) is 5.92. The molecule has 0 heterocycles. The van der Waals surface area contributed by atoms with Gasteiger partial charge in [-0.25, -0.2) is 0 Å². The first-order valence-electron chi connectivity index (χ1n) is 6.31. The van der Waals surface area contributed by atoms with E-state index in [0.717, 1.165) is 6.42 Å². The molecule has 2 atom stereocenters. The Morgan fingerprint density at radius 1 is 1.17 bits per heavy atom. The number of rotatable bonds is 6. The van der Waals surface area contributed by atoms with Gasteiger partial charge in [0.1, 0.15) is 0 Å². The number of carboxylic acid groups (broad SMARTS) is 1. The monoisotopic (exact) mass is 248 g/mol. The van der Waals surface area contributed by atoms with Crippen LogP contribution >= 0.6 is 0 Å². The van der Waals surface area contributed by atoms with Crippen LogP contribution in [0.4, 0.5) is 0 Å². The third kappa shape index (κ3) is 3.69. The molecule has 0 radical (unpaired) electrons. The molecule has 1 aromatic rings. The third-order valence-corrected chi connectivity index (χ3v) is 3.31. The van der Waals surface area contributed by atoms with E-state index in [9.17, 15) is 9.59 Å². The minimum Gasteiger partial charge on any atom is -0.481 e. The smallest absolute Gasteiger partial charge is 0.304 e. The Bertz CT molecular complexity index is 420. The Morgan fingerprint density at radius 2 is 1.72 bits per heavy atom. The number of Topliss-reactive ketones (excluding diaryl/α,β-unsaturated/α-hetero) is 1. The van der Waals surface area contributed by atoms with Crippen molar-refractivity contribution in [3.63, 3.8) is 0 Å². The van der Waals surface area contributed by atoms with Crippen LogP contribution in [-0.2, 0) is 4.79 Å². The molecule has 0 aliphatic rings. The van der Waals surface area contributed by atoms with Crippen molar-refractivity contribution >= 4 is 11.8 Å². The largest absolute Gasteiger partial charge is 0.481 e. The maximum atomic E-state index is 12.0. The molecule has 2 unspecified atom stereocenters. The van der Waals surface area contributed by atoms with E-state index in [-0.39, 0.29) is 12.2 Å². The van der Waals surface area contributed by atoms with Crippen molar-refractivity contribution in [3.8, 4) is 0 Å². The predicted molar refractivity (Wildman–Crippen MR) is 70.9 cm³/mol. The van der Waals surface area contributed by atoms with Gasteiger partial charge in [0.25, 0.3) is 0 Å². The van der Waals surface area contributed by atoms with E-state index in [0.29, 0.717) is 11.5 Å². The first-order chi connectivity index (χ1) is 8.45. The molecule has 1 aromatic carbocycles. The summed E-state index contributed by atoms with van der Waals surface area (Å²) >= 11 is 0. The Hall–Kier alpha value is -1.64. The molecule has 0 aliphatic carbocycles. The molecule has 0 aromatic heterocycles. The maximum absolute atomic E-state index is 12.0. The van der Waals surface area contributed by atoms with Crippen LogP contribution in [0.25, 0.3) is 0 Å². The number of hydrogen-bond donors (Lipinski definition) is 1. The van der Waals surface area contributed by atoms with Crippen molar-refractivity contribution in [1.82, 2.24) is 0 Å². The molecule has 18 heavy (non-hydrogen) atoms. The average molecular weight is 248 g/mol. The molecule has 0 fully saturated rings. The zero-order valence-corrected chi connectivity index (χ0v) is 11.1. The van der Waals surface area contributed by atoms with Gasteiger partial charge < -0.3 is 5.11 Å². The first kappa shape index (κ1) is 14.4. The fourth-order valence-corrected chi connectivity index (χ4v) is 1.85. The van der Waals surface area contributed by atoms with Crippen molar-refractivity contribution < 1.29 is 14.7 Å². The molecular formula is C15H20O3. The lowest BCUT2D eigenvalue weighted by Crippen LogP contribution is -2.15. The summed E-state index contributed by atoms with van der Waals surface area (Å²) in [6.07, 6.45) is 0.939. The van der Waals surface area contributed by atoms with Crippen molar-refractivity contribution in [2.24, 2.45) is 5.92 Å². The Morgan fingerprint density at radius 3 is 2.17 bits per heavy atom. The van der Waals surface area contributed by atoms with Gasteiger partial charge in [0, 0.05) is 11.5 Å². The highest BCUT2D eigenvalue weighted by Gasteiger charge is 2.18. The molecular weight excluding hydrogens is 228 g/mol. The van der Waals surface area contributed by atoms with E-state index < -0.39 is 11.9 Å². The normalized spacial score (nSPS) is 13.9. The number of carbonyl (C=O) groups excluding carboxylic acids is 1. The Kier molecular flexibility index (Phi) is 5.08. The standard InChI is InChI=1S/C15H20O3/c1-4-10(2)12-5-7-13(8-6-12)15(18)11(3)9-14(16)17/h5-8,10-11H,4,9H2,1-3H3,(H,16,17). The number of benzene rings is 1. The summed E-state index contributed by atoms with van der Waals surface area (Å²) in [6, 6.07) is 7.49. The zero-order valence-electron chi connectivity index (χ0n) is 11.1. The molecule has 3 nitrogen and oxygen atoms in total. The highest BCUT2D eigenvalue weighted by atomic mass is 16.4. The molecule has 0 bridgehead atoms. The van der Waals surface area contributed by atoms with Gasteiger partial charge in [-0.1, -0.05) is 45.0 Å². The van der Waals surface area contributed by atoms with Crippen molar-refractivity contribution in [2.45, 2.75) is 39.5 Å². The lowest BCUT2D eigenvalue weighted by atomic mass is 9.93. The summed E-state index contributed by atoms with van der Waals surface area (Å²) < 4.78 is 0. The SMILES string of the molecule is CCC(C)c1ccc(C(=O)C(C)CC(=O)O)cc1. The third-order valence-electron chi connectivity index (χ3n) is 3.31. The Balaban J connectivity index is 2.78. The van der Waals surface area contributed by atoms with E-state index >= 15 is 0 Å². The van der Waals surface area contributed by atoms with Gasteiger partial charge in [-0.15, -0.1) is 0 Å². The van der Waals surface area contributed by atoms with Crippen LogP contribution in [0.1, 0.15) is 55.5 Å². The summed E-state index contributed by atoms with van der Waals surface area (Å²) in [5.74, 6) is -1.04. The average Bonchev–Trinajstić information content (AvgIpc) is 2.36. The van der Waals surface area contributed by atoms with E-state index in [4.69, 9.17) is 5.11 Å². The van der Waals surface area contributed by atoms with Gasteiger partial charge in [0.2, 0.25) is 0 Å². The van der Waals surface area contributed by atoms with E-state index in [2.05, 4.69) is 13.8 Å². The molecule has 98 valence electrons. The fraction of sp³-hybridized carbons (Fsp3) is 0.467. The van der Waals surface area contributed by atoms with Crippen LogP contribution in [0, 0.1) is 5.92 Å². The van der Waals surface area contributed by atoms with Gasteiger partial charge in [-0.05, 0) is 17.9 Å². The number of carboxylic acids is 1. The van der Waals surface area contributed by atoms with Gasteiger partial charge in [-0.3, -0.25) is 9.59 Å². The quantitative estimate of drug-likeness (QED) is 0.784. The highest BCUT2D eigenvalue weighted by Crippen LogP contribution is 2.20. The van der Waals surface area contributed by atoms with Crippen molar-refractivity contribution in [3.05, 3.63) is 35.4 Å². The number of carbonyl (C=O) groups is 2. The van der Waals surface area contributed by atoms with E-state index in [1.807, 2.05) is 12.1 Å². The minimum absolute atomic E-state index is 0.104. The molecule has 1 rings (SSSR count). The lowest BCUT2D eigenvalue weighted by molar-refractivity contribution is -0.137. The van der Waals surface area contributed by atoms with Crippen LogP contribution in [-0.4, -0.2) is 16.9 Å². The Labute approximate surface area is 108 Å². The van der Waals surface area contributed by atoms with E-state index in [1.54, 1.807) is 19.1 Å². The number of ketones is 1. The number of aliphatic carboxylic acids is 1.